The summed E-state index contributed by atoms with van der Waals surface area (Å²) in [7, 11) is 0. The number of carbonyl (C=O) groups excluding carboxylic acids is 1. The smallest absolute Gasteiger partial charge is 0.288 e. The quantitative estimate of drug-likeness (QED) is 0.612. The lowest BCUT2D eigenvalue weighted by Gasteiger charge is -2.14. The molecule has 0 spiro atoms. The van der Waals surface area contributed by atoms with Gasteiger partial charge in [0.05, 0.1) is 11.0 Å². The SMILES string of the molecule is O=C(Nc1cccc(OC2CCCC2)c1)c1ccc(Cl)c([N+](=O)[O-])c1. The van der Waals surface area contributed by atoms with Crippen LogP contribution in [0.1, 0.15) is 36.0 Å². The summed E-state index contributed by atoms with van der Waals surface area (Å²) in [5.41, 5.74) is 0.434. The highest BCUT2D eigenvalue weighted by molar-refractivity contribution is 6.32. The van der Waals surface area contributed by atoms with Crippen LogP contribution in [0.2, 0.25) is 5.02 Å². The molecule has 1 saturated carbocycles. The second-order valence-corrected chi connectivity index (χ2v) is 6.34. The molecule has 2 aromatic carbocycles. The monoisotopic (exact) mass is 360 g/mol. The number of nitro groups is 1. The van der Waals surface area contributed by atoms with Crippen LogP contribution < -0.4 is 10.1 Å². The Balaban J connectivity index is 1.72. The Morgan fingerprint density at radius 3 is 2.68 bits per heavy atom. The molecular formula is C18H17ClN2O4. The first-order valence-corrected chi connectivity index (χ1v) is 8.43. The normalized spacial score (nSPS) is 14.3. The van der Waals surface area contributed by atoms with E-state index in [0.29, 0.717) is 11.4 Å². The van der Waals surface area contributed by atoms with Crippen LogP contribution in [0.25, 0.3) is 0 Å². The van der Waals surface area contributed by atoms with Gasteiger partial charge in [-0.25, -0.2) is 0 Å². The van der Waals surface area contributed by atoms with Gasteiger partial charge >= 0.3 is 0 Å². The molecule has 0 heterocycles. The van der Waals surface area contributed by atoms with Crippen molar-refractivity contribution in [2.75, 3.05) is 5.32 Å². The van der Waals surface area contributed by atoms with Crippen molar-refractivity contribution in [3.05, 3.63) is 63.2 Å². The lowest BCUT2D eigenvalue weighted by Crippen LogP contribution is -2.13. The largest absolute Gasteiger partial charge is 0.490 e. The average Bonchev–Trinajstić information content (AvgIpc) is 3.08. The molecule has 2 aromatic rings. The second kappa shape index (κ2) is 7.53. The molecule has 1 amide bonds. The molecule has 7 heteroatoms. The Morgan fingerprint density at radius 2 is 1.96 bits per heavy atom. The fraction of sp³-hybridized carbons (Fsp3) is 0.278. The minimum Gasteiger partial charge on any atom is -0.490 e. The van der Waals surface area contributed by atoms with Crippen molar-refractivity contribution in [3.8, 4) is 5.75 Å². The predicted molar refractivity (Wildman–Crippen MR) is 95.4 cm³/mol. The van der Waals surface area contributed by atoms with Gasteiger partial charge in [0.2, 0.25) is 0 Å². The van der Waals surface area contributed by atoms with Crippen molar-refractivity contribution in [2.24, 2.45) is 0 Å². The highest BCUT2D eigenvalue weighted by Gasteiger charge is 2.18. The van der Waals surface area contributed by atoms with Crippen LogP contribution in [0, 0.1) is 10.1 Å². The number of hydrogen-bond donors (Lipinski definition) is 1. The zero-order chi connectivity index (χ0) is 17.8. The van der Waals surface area contributed by atoms with Crippen LogP contribution in [0.3, 0.4) is 0 Å². The van der Waals surface area contributed by atoms with Crippen LogP contribution in [-0.4, -0.2) is 16.9 Å². The van der Waals surface area contributed by atoms with E-state index >= 15 is 0 Å². The summed E-state index contributed by atoms with van der Waals surface area (Å²) in [4.78, 5) is 22.7. The lowest BCUT2D eigenvalue weighted by atomic mass is 10.2. The van der Waals surface area contributed by atoms with Gasteiger partial charge in [-0.05, 0) is 49.9 Å². The van der Waals surface area contributed by atoms with E-state index in [2.05, 4.69) is 5.32 Å². The van der Waals surface area contributed by atoms with Crippen LogP contribution in [0.5, 0.6) is 5.75 Å². The van der Waals surface area contributed by atoms with Gasteiger partial charge in [-0.1, -0.05) is 17.7 Å². The number of ether oxygens (including phenoxy) is 1. The molecule has 1 fully saturated rings. The number of nitro benzene ring substituents is 1. The highest BCUT2D eigenvalue weighted by atomic mass is 35.5. The Kier molecular flexibility index (Phi) is 5.19. The molecule has 0 bridgehead atoms. The molecule has 3 rings (SSSR count). The Hall–Kier alpha value is -2.60. The van der Waals surface area contributed by atoms with E-state index in [4.69, 9.17) is 16.3 Å². The molecule has 1 N–H and O–H groups in total. The van der Waals surface area contributed by atoms with Crippen molar-refractivity contribution in [2.45, 2.75) is 31.8 Å². The van der Waals surface area contributed by atoms with Crippen molar-refractivity contribution in [1.29, 1.82) is 0 Å². The number of nitrogens with one attached hydrogen (secondary N) is 1. The topological polar surface area (TPSA) is 81.5 Å². The number of amides is 1. The molecular weight excluding hydrogens is 344 g/mol. The maximum Gasteiger partial charge on any atom is 0.288 e. The molecule has 0 atom stereocenters. The molecule has 0 saturated heterocycles. The van der Waals surface area contributed by atoms with Gasteiger partial charge in [0.1, 0.15) is 10.8 Å². The standard InChI is InChI=1S/C18H17ClN2O4/c19-16-9-8-12(10-17(16)21(23)24)18(22)20-13-4-3-7-15(11-13)25-14-5-1-2-6-14/h3-4,7-11,14H,1-2,5-6H2,(H,20,22). The first kappa shape index (κ1) is 17.2. The Bertz CT molecular complexity index is 803. The van der Waals surface area contributed by atoms with Crippen LogP contribution in [0.4, 0.5) is 11.4 Å². The van der Waals surface area contributed by atoms with Gasteiger partial charge in [-0.15, -0.1) is 0 Å². The lowest BCUT2D eigenvalue weighted by molar-refractivity contribution is -0.384. The van der Waals surface area contributed by atoms with E-state index < -0.39 is 10.8 Å². The first-order valence-electron chi connectivity index (χ1n) is 8.05. The predicted octanol–water partition coefficient (Wildman–Crippen LogP) is 4.82. The maximum absolute atomic E-state index is 12.3. The van der Waals surface area contributed by atoms with Crippen molar-refractivity contribution >= 4 is 28.9 Å². The van der Waals surface area contributed by atoms with Crippen LogP contribution >= 0.6 is 11.6 Å². The van der Waals surface area contributed by atoms with E-state index in [9.17, 15) is 14.9 Å². The molecule has 25 heavy (non-hydrogen) atoms. The van der Waals surface area contributed by atoms with Gasteiger partial charge in [-0.2, -0.15) is 0 Å². The summed E-state index contributed by atoms with van der Waals surface area (Å²) in [6.07, 6.45) is 4.67. The van der Waals surface area contributed by atoms with Crippen LogP contribution in [-0.2, 0) is 0 Å². The van der Waals surface area contributed by atoms with E-state index in [1.165, 1.54) is 25.0 Å². The summed E-state index contributed by atoms with van der Waals surface area (Å²) in [6, 6.07) is 11.1. The second-order valence-electron chi connectivity index (χ2n) is 5.93. The molecule has 6 nitrogen and oxygen atoms in total. The zero-order valence-corrected chi connectivity index (χ0v) is 14.2. The van der Waals surface area contributed by atoms with Gasteiger partial charge < -0.3 is 10.1 Å². The van der Waals surface area contributed by atoms with E-state index in [1.54, 1.807) is 18.2 Å². The van der Waals surface area contributed by atoms with Crippen molar-refractivity contribution in [1.82, 2.24) is 0 Å². The summed E-state index contributed by atoms with van der Waals surface area (Å²) >= 11 is 5.77. The Morgan fingerprint density at radius 1 is 1.20 bits per heavy atom. The summed E-state index contributed by atoms with van der Waals surface area (Å²) in [5, 5.41) is 13.7. The van der Waals surface area contributed by atoms with Crippen molar-refractivity contribution in [3.63, 3.8) is 0 Å². The average molecular weight is 361 g/mol. The highest BCUT2D eigenvalue weighted by Crippen LogP contribution is 2.27. The van der Waals surface area contributed by atoms with Crippen LogP contribution in [0.15, 0.2) is 42.5 Å². The van der Waals surface area contributed by atoms with Gasteiger partial charge in [0.25, 0.3) is 11.6 Å². The van der Waals surface area contributed by atoms with E-state index in [1.807, 2.05) is 6.07 Å². The molecule has 0 radical (unpaired) electrons. The molecule has 0 unspecified atom stereocenters. The van der Waals surface area contributed by atoms with Gasteiger partial charge in [0, 0.05) is 23.4 Å². The number of nitrogens with zero attached hydrogens (tertiary/aromatic N) is 1. The fourth-order valence-electron chi connectivity index (χ4n) is 2.84. The summed E-state index contributed by atoms with van der Waals surface area (Å²) < 4.78 is 5.91. The number of benzene rings is 2. The number of rotatable bonds is 5. The third kappa shape index (κ3) is 4.28. The number of halogens is 1. The van der Waals surface area contributed by atoms with Gasteiger partial charge in [-0.3, -0.25) is 14.9 Å². The third-order valence-corrected chi connectivity index (χ3v) is 4.42. The third-order valence-electron chi connectivity index (χ3n) is 4.10. The molecule has 130 valence electrons. The van der Waals surface area contributed by atoms with Gasteiger partial charge in [0.15, 0.2) is 0 Å². The van der Waals surface area contributed by atoms with E-state index in [-0.39, 0.29) is 22.4 Å². The van der Waals surface area contributed by atoms with Crippen molar-refractivity contribution < 1.29 is 14.5 Å². The summed E-state index contributed by atoms with van der Waals surface area (Å²) in [6.45, 7) is 0. The summed E-state index contributed by atoms with van der Waals surface area (Å²) in [5.74, 6) is 0.254. The first-order chi connectivity index (χ1) is 12.0. The molecule has 0 aliphatic heterocycles. The minimum absolute atomic E-state index is 0.00601. The Labute approximate surface area is 149 Å². The number of anilines is 1. The molecule has 1 aliphatic carbocycles. The molecule has 0 aromatic heterocycles. The van der Waals surface area contributed by atoms with E-state index in [0.717, 1.165) is 18.9 Å². The maximum atomic E-state index is 12.3. The minimum atomic E-state index is -0.616. The number of hydrogen-bond acceptors (Lipinski definition) is 4. The molecule has 1 aliphatic rings. The fourth-order valence-corrected chi connectivity index (χ4v) is 3.03. The zero-order valence-electron chi connectivity index (χ0n) is 13.4. The number of carbonyl (C=O) groups is 1.